The van der Waals surface area contributed by atoms with E-state index in [0.717, 1.165) is 18.7 Å². The molecule has 0 spiro atoms. The van der Waals surface area contributed by atoms with Crippen molar-refractivity contribution in [1.29, 1.82) is 0 Å². The van der Waals surface area contributed by atoms with E-state index in [1.807, 2.05) is 39.0 Å². The molecule has 2 rings (SSSR count). The first-order chi connectivity index (χ1) is 8.94. The van der Waals surface area contributed by atoms with Crippen LogP contribution in [0.2, 0.25) is 0 Å². The number of nitrogens with one attached hydrogen (secondary N) is 2. The van der Waals surface area contributed by atoms with Crippen molar-refractivity contribution in [3.63, 3.8) is 0 Å². The van der Waals surface area contributed by atoms with Crippen molar-refractivity contribution in [2.75, 3.05) is 11.9 Å². The summed E-state index contributed by atoms with van der Waals surface area (Å²) in [6.45, 7) is 6.62. The van der Waals surface area contributed by atoms with Gasteiger partial charge in [-0.2, -0.15) is 0 Å². The van der Waals surface area contributed by atoms with Crippen LogP contribution in [0.25, 0.3) is 0 Å². The minimum atomic E-state index is -0.477. The van der Waals surface area contributed by atoms with Gasteiger partial charge in [-0.25, -0.2) is 4.79 Å². The Morgan fingerprint density at radius 2 is 2.21 bits per heavy atom. The molecule has 0 saturated carbocycles. The average Bonchev–Trinajstić information content (AvgIpc) is 2.79. The van der Waals surface area contributed by atoms with Gasteiger partial charge in [0.15, 0.2) is 0 Å². The Kier molecular flexibility index (Phi) is 4.10. The number of carbonyl (C=O) groups is 1. The van der Waals surface area contributed by atoms with E-state index in [-0.39, 0.29) is 0 Å². The van der Waals surface area contributed by atoms with Crippen molar-refractivity contribution in [1.82, 2.24) is 5.32 Å². The SMILES string of the molecule is CC(C)(C)OC(=O)Nc1cccc(C2CCCN2)c1. The molecule has 104 valence electrons. The largest absolute Gasteiger partial charge is 0.444 e. The normalized spacial score (nSPS) is 19.2. The fraction of sp³-hybridized carbons (Fsp3) is 0.533. The molecule has 4 heteroatoms. The number of hydrogen-bond donors (Lipinski definition) is 2. The van der Waals surface area contributed by atoms with Gasteiger partial charge in [-0.3, -0.25) is 5.32 Å². The van der Waals surface area contributed by atoms with Gasteiger partial charge < -0.3 is 10.1 Å². The Bertz CT molecular complexity index is 446. The second-order valence-electron chi connectivity index (χ2n) is 5.90. The van der Waals surface area contributed by atoms with Crippen molar-refractivity contribution in [2.24, 2.45) is 0 Å². The van der Waals surface area contributed by atoms with Crippen LogP contribution in [0.15, 0.2) is 24.3 Å². The first-order valence-electron chi connectivity index (χ1n) is 6.77. The molecule has 4 nitrogen and oxygen atoms in total. The van der Waals surface area contributed by atoms with Crippen LogP contribution in [0, 0.1) is 0 Å². The van der Waals surface area contributed by atoms with Gasteiger partial charge in [0.25, 0.3) is 0 Å². The molecule has 2 N–H and O–H groups in total. The molecule has 1 amide bonds. The summed E-state index contributed by atoms with van der Waals surface area (Å²) in [6, 6.07) is 8.33. The highest BCUT2D eigenvalue weighted by molar-refractivity contribution is 5.84. The third-order valence-electron chi connectivity index (χ3n) is 2.99. The highest BCUT2D eigenvalue weighted by atomic mass is 16.6. The highest BCUT2D eigenvalue weighted by Gasteiger charge is 2.18. The number of anilines is 1. The molecule has 1 aliphatic rings. The van der Waals surface area contributed by atoms with E-state index < -0.39 is 11.7 Å². The van der Waals surface area contributed by atoms with Crippen LogP contribution in [-0.2, 0) is 4.74 Å². The summed E-state index contributed by atoms with van der Waals surface area (Å²) < 4.78 is 5.24. The van der Waals surface area contributed by atoms with Crippen LogP contribution in [-0.4, -0.2) is 18.2 Å². The Labute approximate surface area is 114 Å². The van der Waals surface area contributed by atoms with Crippen molar-refractivity contribution in [3.05, 3.63) is 29.8 Å². The lowest BCUT2D eigenvalue weighted by molar-refractivity contribution is 0.0636. The summed E-state index contributed by atoms with van der Waals surface area (Å²) in [5.41, 5.74) is 1.51. The molecule has 0 radical (unpaired) electrons. The van der Waals surface area contributed by atoms with Gasteiger partial charge in [0.2, 0.25) is 0 Å². The molecular weight excluding hydrogens is 240 g/mol. The highest BCUT2D eigenvalue weighted by Crippen LogP contribution is 2.25. The maximum Gasteiger partial charge on any atom is 0.412 e. The summed E-state index contributed by atoms with van der Waals surface area (Å²) in [4.78, 5) is 11.7. The minimum Gasteiger partial charge on any atom is -0.444 e. The number of ether oxygens (including phenoxy) is 1. The van der Waals surface area contributed by atoms with E-state index in [2.05, 4.69) is 16.7 Å². The Hall–Kier alpha value is -1.55. The van der Waals surface area contributed by atoms with Gasteiger partial charge in [0.1, 0.15) is 5.60 Å². The zero-order valence-electron chi connectivity index (χ0n) is 11.8. The fourth-order valence-electron chi connectivity index (χ4n) is 2.22. The molecule has 1 saturated heterocycles. The molecule has 0 bridgehead atoms. The third kappa shape index (κ3) is 4.24. The van der Waals surface area contributed by atoms with Crippen LogP contribution in [0.5, 0.6) is 0 Å². The Morgan fingerprint density at radius 3 is 2.84 bits per heavy atom. The lowest BCUT2D eigenvalue weighted by Crippen LogP contribution is -2.27. The zero-order valence-corrected chi connectivity index (χ0v) is 11.8. The van der Waals surface area contributed by atoms with Crippen LogP contribution in [0.3, 0.4) is 0 Å². The first kappa shape index (κ1) is 13.9. The molecule has 1 unspecified atom stereocenters. The molecule has 0 aliphatic carbocycles. The van der Waals surface area contributed by atoms with Crippen molar-refractivity contribution in [2.45, 2.75) is 45.3 Å². The molecule has 1 aromatic rings. The van der Waals surface area contributed by atoms with Gasteiger partial charge in [-0.1, -0.05) is 12.1 Å². The maximum absolute atomic E-state index is 11.7. The van der Waals surface area contributed by atoms with Gasteiger partial charge in [-0.15, -0.1) is 0 Å². The van der Waals surface area contributed by atoms with Crippen LogP contribution in [0.4, 0.5) is 10.5 Å². The van der Waals surface area contributed by atoms with E-state index in [4.69, 9.17) is 4.74 Å². The smallest absolute Gasteiger partial charge is 0.412 e. The second kappa shape index (κ2) is 5.61. The molecule has 1 aliphatic heterocycles. The molecule has 1 aromatic carbocycles. The molecule has 1 atom stereocenters. The minimum absolute atomic E-state index is 0.403. The summed E-state index contributed by atoms with van der Waals surface area (Å²) >= 11 is 0. The monoisotopic (exact) mass is 262 g/mol. The van der Waals surface area contributed by atoms with Gasteiger partial charge in [0, 0.05) is 11.7 Å². The van der Waals surface area contributed by atoms with Crippen molar-refractivity contribution >= 4 is 11.8 Å². The third-order valence-corrected chi connectivity index (χ3v) is 2.99. The number of amides is 1. The van der Waals surface area contributed by atoms with Crippen molar-refractivity contribution in [3.8, 4) is 0 Å². The molecule has 1 fully saturated rings. The van der Waals surface area contributed by atoms with Gasteiger partial charge >= 0.3 is 6.09 Å². The second-order valence-corrected chi connectivity index (χ2v) is 5.90. The van der Waals surface area contributed by atoms with Gasteiger partial charge in [-0.05, 0) is 57.9 Å². The lowest BCUT2D eigenvalue weighted by atomic mass is 10.0. The van der Waals surface area contributed by atoms with E-state index in [1.165, 1.54) is 12.0 Å². The molecule has 0 aromatic heterocycles. The van der Waals surface area contributed by atoms with E-state index in [1.54, 1.807) is 0 Å². The number of hydrogen-bond acceptors (Lipinski definition) is 3. The van der Waals surface area contributed by atoms with E-state index in [9.17, 15) is 4.79 Å². The Morgan fingerprint density at radius 1 is 1.42 bits per heavy atom. The quantitative estimate of drug-likeness (QED) is 0.858. The standard InChI is InChI=1S/C15H22N2O2/c1-15(2,3)19-14(18)17-12-7-4-6-11(10-12)13-8-5-9-16-13/h4,6-7,10,13,16H,5,8-9H2,1-3H3,(H,17,18). The number of rotatable bonds is 2. The van der Waals surface area contributed by atoms with Crippen LogP contribution >= 0.6 is 0 Å². The van der Waals surface area contributed by atoms with Crippen LogP contribution < -0.4 is 10.6 Å². The summed E-state index contributed by atoms with van der Waals surface area (Å²) in [7, 11) is 0. The topological polar surface area (TPSA) is 50.4 Å². The molecule has 19 heavy (non-hydrogen) atoms. The lowest BCUT2D eigenvalue weighted by Gasteiger charge is -2.20. The number of benzene rings is 1. The fourth-order valence-corrected chi connectivity index (χ4v) is 2.22. The molecular formula is C15H22N2O2. The summed E-state index contributed by atoms with van der Waals surface area (Å²) in [6.07, 6.45) is 1.94. The predicted octanol–water partition coefficient (Wildman–Crippen LogP) is 3.46. The van der Waals surface area contributed by atoms with Crippen molar-refractivity contribution < 1.29 is 9.53 Å². The maximum atomic E-state index is 11.7. The zero-order chi connectivity index (χ0) is 13.9. The van der Waals surface area contributed by atoms with E-state index in [0.29, 0.717) is 6.04 Å². The van der Waals surface area contributed by atoms with Crippen LogP contribution in [0.1, 0.15) is 45.2 Å². The Balaban J connectivity index is 2.00. The van der Waals surface area contributed by atoms with E-state index >= 15 is 0 Å². The summed E-state index contributed by atoms with van der Waals surface area (Å²) in [5.74, 6) is 0. The molecule has 1 heterocycles. The summed E-state index contributed by atoms with van der Waals surface area (Å²) in [5, 5.41) is 6.22. The van der Waals surface area contributed by atoms with Gasteiger partial charge in [0.05, 0.1) is 0 Å². The number of carbonyl (C=O) groups excluding carboxylic acids is 1. The first-order valence-corrected chi connectivity index (χ1v) is 6.77. The average molecular weight is 262 g/mol. The predicted molar refractivity (Wildman–Crippen MR) is 76.3 cm³/mol.